The monoisotopic (exact) mass is 499 g/mol. The quantitative estimate of drug-likeness (QED) is 0.379. The summed E-state index contributed by atoms with van der Waals surface area (Å²) in [5.41, 5.74) is 11.2. The van der Waals surface area contributed by atoms with E-state index >= 15 is 0 Å². The molecule has 1 aliphatic carbocycles. The van der Waals surface area contributed by atoms with E-state index in [9.17, 15) is 18.0 Å². The standard InChI is InChI=1S/C24H36F3N5O3/c1-4-16-9-13(2)30-20-18(11-34-12-28)31-22(29)32-10-19(14(3)23(16,20)32)35-21(33)15-5-7-17(8-6-15)24(25,26)27/h5,7,13-14,16,18-20,30H,4,6,8-12,28H2,1-3H3,(H2,29,31). The molecule has 11 heteroatoms. The fraction of sp³-hybridized carbons (Fsp3) is 0.750. The highest BCUT2D eigenvalue weighted by Gasteiger charge is 2.66. The summed E-state index contributed by atoms with van der Waals surface area (Å²) in [6.45, 7) is 7.17. The van der Waals surface area contributed by atoms with E-state index in [-0.39, 0.29) is 55.1 Å². The lowest BCUT2D eigenvalue weighted by Gasteiger charge is -2.59. The number of halogens is 3. The fourth-order valence-electron chi connectivity index (χ4n) is 6.70. The van der Waals surface area contributed by atoms with Crippen LogP contribution in [-0.4, -0.2) is 72.7 Å². The van der Waals surface area contributed by atoms with Gasteiger partial charge in [0, 0.05) is 23.1 Å². The highest BCUT2D eigenvalue weighted by molar-refractivity contribution is 5.89. The van der Waals surface area contributed by atoms with Crippen molar-refractivity contribution < 1.29 is 27.4 Å². The van der Waals surface area contributed by atoms with Gasteiger partial charge in [-0.1, -0.05) is 32.4 Å². The Balaban J connectivity index is 1.61. The first kappa shape index (κ1) is 26.0. The number of allylic oxidation sites excluding steroid dienone is 3. The highest BCUT2D eigenvalue weighted by Crippen LogP contribution is 2.52. The van der Waals surface area contributed by atoms with E-state index in [1.54, 1.807) is 0 Å². The van der Waals surface area contributed by atoms with E-state index in [4.69, 9.17) is 25.9 Å². The number of carbonyl (C=O) groups excluding carboxylic acids is 1. The molecule has 0 aromatic rings. The van der Waals surface area contributed by atoms with Gasteiger partial charge in [0.15, 0.2) is 5.96 Å². The zero-order chi connectivity index (χ0) is 25.5. The number of piperidine rings is 1. The number of nitrogens with one attached hydrogen (secondary N) is 1. The van der Waals surface area contributed by atoms with Crippen molar-refractivity contribution in [1.82, 2.24) is 10.2 Å². The molecule has 4 aliphatic rings. The Kier molecular flexibility index (Phi) is 7.23. The summed E-state index contributed by atoms with van der Waals surface area (Å²) in [5.74, 6) is -0.0121. The normalized spacial score (nSPS) is 37.1. The average Bonchev–Trinajstić information content (AvgIpc) is 3.10. The van der Waals surface area contributed by atoms with Gasteiger partial charge in [0.2, 0.25) is 0 Å². The summed E-state index contributed by atoms with van der Waals surface area (Å²) in [5, 5.41) is 3.72. The maximum Gasteiger partial charge on any atom is 0.412 e. The molecule has 2 fully saturated rings. The van der Waals surface area contributed by atoms with Gasteiger partial charge in [-0.2, -0.15) is 13.2 Å². The van der Waals surface area contributed by atoms with Crippen LogP contribution in [-0.2, 0) is 14.3 Å². The number of ether oxygens (including phenoxy) is 2. The Bertz CT molecular complexity index is 921. The van der Waals surface area contributed by atoms with Crippen LogP contribution >= 0.6 is 0 Å². The van der Waals surface area contributed by atoms with E-state index in [1.165, 1.54) is 6.08 Å². The summed E-state index contributed by atoms with van der Waals surface area (Å²) < 4.78 is 50.4. The van der Waals surface area contributed by atoms with E-state index in [0.29, 0.717) is 19.1 Å². The second-order valence-corrected chi connectivity index (χ2v) is 10.1. The van der Waals surface area contributed by atoms with Crippen LogP contribution in [0.2, 0.25) is 0 Å². The van der Waals surface area contributed by atoms with Gasteiger partial charge < -0.3 is 31.2 Å². The van der Waals surface area contributed by atoms with Crippen molar-refractivity contribution in [2.24, 2.45) is 28.3 Å². The molecule has 7 atom stereocenters. The van der Waals surface area contributed by atoms with Crippen molar-refractivity contribution in [3.63, 3.8) is 0 Å². The molecule has 0 saturated carbocycles. The van der Waals surface area contributed by atoms with Gasteiger partial charge in [-0.3, -0.25) is 0 Å². The smallest absolute Gasteiger partial charge is 0.412 e. The Morgan fingerprint density at radius 3 is 2.66 bits per heavy atom. The number of rotatable bonds is 6. The summed E-state index contributed by atoms with van der Waals surface area (Å²) >= 11 is 0. The third-order valence-corrected chi connectivity index (χ3v) is 8.26. The predicted molar refractivity (Wildman–Crippen MR) is 125 cm³/mol. The molecule has 196 valence electrons. The van der Waals surface area contributed by atoms with Crippen LogP contribution in [0.1, 0.15) is 46.5 Å². The second-order valence-electron chi connectivity index (χ2n) is 10.1. The molecule has 2 saturated heterocycles. The number of nitrogens with zero attached hydrogens (tertiary/aromatic N) is 2. The lowest BCUT2D eigenvalue weighted by molar-refractivity contribution is -0.146. The Hall–Kier alpha value is -2.11. The van der Waals surface area contributed by atoms with Gasteiger partial charge in [-0.05, 0) is 32.1 Å². The molecule has 0 aromatic heterocycles. The van der Waals surface area contributed by atoms with Gasteiger partial charge >= 0.3 is 12.1 Å². The molecular weight excluding hydrogens is 463 g/mol. The molecule has 0 amide bonds. The molecule has 4 rings (SSSR count). The molecule has 0 radical (unpaired) electrons. The van der Waals surface area contributed by atoms with Crippen LogP contribution in [0.25, 0.3) is 0 Å². The number of nitrogens with two attached hydrogens (primary N) is 2. The second kappa shape index (κ2) is 9.74. The highest BCUT2D eigenvalue weighted by atomic mass is 19.4. The van der Waals surface area contributed by atoms with Crippen LogP contribution in [0.15, 0.2) is 28.3 Å². The molecule has 35 heavy (non-hydrogen) atoms. The molecule has 3 heterocycles. The number of hydrogen-bond acceptors (Lipinski definition) is 8. The molecule has 7 unspecified atom stereocenters. The first-order valence-electron chi connectivity index (χ1n) is 12.4. The van der Waals surface area contributed by atoms with E-state index < -0.39 is 29.4 Å². The van der Waals surface area contributed by atoms with Gasteiger partial charge in [0.1, 0.15) is 6.10 Å². The van der Waals surface area contributed by atoms with Crippen molar-refractivity contribution in [1.29, 1.82) is 0 Å². The van der Waals surface area contributed by atoms with Crippen LogP contribution < -0.4 is 16.8 Å². The summed E-state index contributed by atoms with van der Waals surface area (Å²) in [6.07, 6.45) is -1.04. The zero-order valence-electron chi connectivity index (χ0n) is 20.5. The molecule has 0 bridgehead atoms. The third kappa shape index (κ3) is 4.46. The van der Waals surface area contributed by atoms with Gasteiger partial charge in [-0.15, -0.1) is 0 Å². The zero-order valence-corrected chi connectivity index (χ0v) is 20.5. The maximum absolute atomic E-state index is 13.0. The number of hydrogen-bond donors (Lipinski definition) is 3. The Morgan fingerprint density at radius 2 is 2.06 bits per heavy atom. The molecule has 1 spiro atoms. The van der Waals surface area contributed by atoms with Crippen molar-refractivity contribution in [2.75, 3.05) is 19.9 Å². The lowest BCUT2D eigenvalue weighted by Crippen LogP contribution is -2.77. The SMILES string of the molecule is CCC1CC(C)NC2C(COCN)N=C(N)N3CC(OC(=O)C4=CC=C(C(F)(F)F)CC4)C(C)C123. The first-order valence-corrected chi connectivity index (χ1v) is 12.4. The minimum absolute atomic E-state index is 0.00150. The third-order valence-electron chi connectivity index (χ3n) is 8.26. The molecule has 0 aromatic carbocycles. The minimum atomic E-state index is -4.38. The van der Waals surface area contributed by atoms with Crippen LogP contribution in [0, 0.1) is 11.8 Å². The van der Waals surface area contributed by atoms with Gasteiger partial charge in [-0.25, -0.2) is 9.79 Å². The topological polar surface area (TPSA) is 115 Å². The largest absolute Gasteiger partial charge is 0.457 e. The number of carbonyl (C=O) groups is 1. The van der Waals surface area contributed by atoms with Crippen molar-refractivity contribution in [2.45, 2.75) is 82.4 Å². The molecule has 8 nitrogen and oxygen atoms in total. The van der Waals surface area contributed by atoms with Gasteiger partial charge in [0.05, 0.1) is 37.5 Å². The van der Waals surface area contributed by atoms with Crippen molar-refractivity contribution in [3.05, 3.63) is 23.3 Å². The summed E-state index contributed by atoms with van der Waals surface area (Å²) in [7, 11) is 0. The Labute approximate surface area is 204 Å². The van der Waals surface area contributed by atoms with Crippen LogP contribution in [0.3, 0.4) is 0 Å². The number of guanidine groups is 1. The van der Waals surface area contributed by atoms with E-state index in [0.717, 1.165) is 18.9 Å². The van der Waals surface area contributed by atoms with E-state index in [2.05, 4.69) is 31.0 Å². The summed E-state index contributed by atoms with van der Waals surface area (Å²) in [6, 6.07) is -0.0569. The molecular formula is C24H36F3N5O3. The van der Waals surface area contributed by atoms with Crippen LogP contribution in [0.5, 0.6) is 0 Å². The molecule has 5 N–H and O–H groups in total. The average molecular weight is 500 g/mol. The minimum Gasteiger partial charge on any atom is -0.457 e. The molecule has 3 aliphatic heterocycles. The van der Waals surface area contributed by atoms with E-state index in [1.807, 2.05) is 0 Å². The number of aliphatic imine (C=N–C) groups is 1. The summed E-state index contributed by atoms with van der Waals surface area (Å²) in [4.78, 5) is 19.8. The number of esters is 1. The van der Waals surface area contributed by atoms with Crippen molar-refractivity contribution >= 4 is 11.9 Å². The fourth-order valence-corrected chi connectivity index (χ4v) is 6.70. The van der Waals surface area contributed by atoms with Crippen molar-refractivity contribution in [3.8, 4) is 0 Å². The van der Waals surface area contributed by atoms with Gasteiger partial charge in [0.25, 0.3) is 0 Å². The predicted octanol–water partition coefficient (Wildman–Crippen LogP) is 2.20. The number of alkyl halides is 3. The van der Waals surface area contributed by atoms with Crippen LogP contribution in [0.4, 0.5) is 13.2 Å². The maximum atomic E-state index is 13.0. The lowest BCUT2D eigenvalue weighted by atomic mass is 9.62. The first-order chi connectivity index (χ1) is 16.5. The Morgan fingerprint density at radius 1 is 1.31 bits per heavy atom.